The van der Waals surface area contributed by atoms with E-state index < -0.39 is 0 Å². The van der Waals surface area contributed by atoms with Crippen LogP contribution in [0.1, 0.15) is 34.2 Å². The van der Waals surface area contributed by atoms with E-state index in [-0.39, 0.29) is 24.0 Å². The first-order valence-electron chi connectivity index (χ1n) is 11.2. The number of benzene rings is 1. The van der Waals surface area contributed by atoms with Crippen LogP contribution in [0.4, 0.5) is 16.4 Å². The fourth-order valence-electron chi connectivity index (χ4n) is 3.80. The molecule has 1 fully saturated rings. The van der Waals surface area contributed by atoms with E-state index in [4.69, 9.17) is 0 Å². The molecule has 1 aliphatic heterocycles. The van der Waals surface area contributed by atoms with E-state index in [1.807, 2.05) is 62.4 Å². The molecule has 1 atom stereocenters. The number of anilines is 2. The smallest absolute Gasteiger partial charge is 0.319 e. The Bertz CT molecular complexity index is 1360. The fraction of sp³-hybridized carbons (Fsp3) is 0.250. The summed E-state index contributed by atoms with van der Waals surface area (Å²) in [4.78, 5) is 45.1. The zero-order valence-electron chi connectivity index (χ0n) is 19.2. The first kappa shape index (κ1) is 22.7. The highest BCUT2D eigenvalue weighted by molar-refractivity contribution is 7.18. The minimum Gasteiger partial charge on any atom is -0.346 e. The standard InChI is InChI=1S/C24H24N8O2S/c1-14(18-10-6-7-11-25-18)26-23-30-19(20-21(31-23)27-15(2)35-20)22(33)32-12-17(13-32)29-24(34)28-16-8-4-3-5-9-16/h3-11,14,17H,12-13H2,1-2H3,(H,26,30,31)(H2,28,29,34). The van der Waals surface area contributed by atoms with Gasteiger partial charge in [-0.3, -0.25) is 9.78 Å². The van der Waals surface area contributed by atoms with Crippen molar-refractivity contribution >= 4 is 45.3 Å². The average molecular weight is 489 g/mol. The maximum atomic E-state index is 13.3. The zero-order valence-corrected chi connectivity index (χ0v) is 20.0. The van der Waals surface area contributed by atoms with Gasteiger partial charge in [-0.2, -0.15) is 4.98 Å². The second-order valence-corrected chi connectivity index (χ2v) is 9.48. The molecule has 1 saturated heterocycles. The number of para-hydroxylation sites is 1. The number of thiazole rings is 1. The molecule has 3 aromatic heterocycles. The van der Waals surface area contributed by atoms with Gasteiger partial charge in [0.05, 0.1) is 22.8 Å². The number of hydrogen-bond donors (Lipinski definition) is 3. The van der Waals surface area contributed by atoms with Crippen molar-refractivity contribution in [3.05, 3.63) is 71.1 Å². The molecule has 0 radical (unpaired) electrons. The highest BCUT2D eigenvalue weighted by atomic mass is 32.1. The Balaban J connectivity index is 1.27. The summed E-state index contributed by atoms with van der Waals surface area (Å²) >= 11 is 1.39. The molecule has 0 spiro atoms. The summed E-state index contributed by atoms with van der Waals surface area (Å²) in [6.07, 6.45) is 1.73. The predicted molar refractivity (Wildman–Crippen MR) is 135 cm³/mol. The van der Waals surface area contributed by atoms with Crippen LogP contribution in [-0.2, 0) is 0 Å². The minimum absolute atomic E-state index is 0.134. The Hall–Kier alpha value is -4.12. The molecular formula is C24H24N8O2S. The molecule has 3 N–H and O–H groups in total. The van der Waals surface area contributed by atoms with Crippen LogP contribution in [0, 0.1) is 6.92 Å². The molecule has 1 aromatic carbocycles. The van der Waals surface area contributed by atoms with Crippen LogP contribution in [0.3, 0.4) is 0 Å². The second kappa shape index (κ2) is 9.63. The number of pyridine rings is 1. The van der Waals surface area contributed by atoms with Gasteiger partial charge in [0.15, 0.2) is 11.3 Å². The third-order valence-corrected chi connectivity index (χ3v) is 6.54. The lowest BCUT2D eigenvalue weighted by molar-refractivity contribution is 0.0576. The van der Waals surface area contributed by atoms with Crippen LogP contribution < -0.4 is 16.0 Å². The van der Waals surface area contributed by atoms with Gasteiger partial charge in [-0.25, -0.2) is 14.8 Å². The molecule has 178 valence electrons. The molecule has 11 heteroatoms. The molecule has 1 unspecified atom stereocenters. The summed E-state index contributed by atoms with van der Waals surface area (Å²) in [5.41, 5.74) is 2.34. The van der Waals surface area contributed by atoms with Gasteiger partial charge in [0, 0.05) is 25.0 Å². The number of aryl methyl sites for hydroxylation is 1. The maximum absolute atomic E-state index is 13.3. The third kappa shape index (κ3) is 5.04. The van der Waals surface area contributed by atoms with Gasteiger partial charge in [-0.1, -0.05) is 24.3 Å². The number of aromatic nitrogens is 4. The first-order chi connectivity index (χ1) is 17.0. The lowest BCUT2D eigenvalue weighted by Crippen LogP contribution is -2.61. The van der Waals surface area contributed by atoms with Crippen LogP contribution in [0.5, 0.6) is 0 Å². The number of carbonyl (C=O) groups excluding carboxylic acids is 2. The Kier molecular flexibility index (Phi) is 6.23. The van der Waals surface area contributed by atoms with E-state index >= 15 is 0 Å². The lowest BCUT2D eigenvalue weighted by Gasteiger charge is -2.39. The summed E-state index contributed by atoms with van der Waals surface area (Å²) in [7, 11) is 0. The minimum atomic E-state index is -0.300. The number of urea groups is 1. The Labute approximate surface area is 205 Å². The van der Waals surface area contributed by atoms with Crippen LogP contribution >= 0.6 is 11.3 Å². The Morgan fingerprint density at radius 1 is 1.06 bits per heavy atom. The number of amides is 3. The summed E-state index contributed by atoms with van der Waals surface area (Å²) < 4.78 is 0.654. The second-order valence-electron chi connectivity index (χ2n) is 8.27. The van der Waals surface area contributed by atoms with Crippen LogP contribution in [0.25, 0.3) is 10.3 Å². The molecule has 5 rings (SSSR count). The van der Waals surface area contributed by atoms with Crippen molar-refractivity contribution in [1.29, 1.82) is 0 Å². The van der Waals surface area contributed by atoms with Crippen molar-refractivity contribution < 1.29 is 9.59 Å². The third-order valence-electron chi connectivity index (χ3n) is 5.58. The molecule has 0 aliphatic carbocycles. The van der Waals surface area contributed by atoms with Gasteiger partial charge in [-0.15, -0.1) is 11.3 Å². The van der Waals surface area contributed by atoms with Crippen molar-refractivity contribution in [3.63, 3.8) is 0 Å². The van der Waals surface area contributed by atoms with Crippen LogP contribution in [0.2, 0.25) is 0 Å². The maximum Gasteiger partial charge on any atom is 0.319 e. The van der Waals surface area contributed by atoms with Crippen molar-refractivity contribution in [2.45, 2.75) is 25.9 Å². The number of hydrogen-bond acceptors (Lipinski definition) is 8. The number of rotatable bonds is 6. The van der Waals surface area contributed by atoms with E-state index in [1.54, 1.807) is 11.1 Å². The van der Waals surface area contributed by atoms with Gasteiger partial charge < -0.3 is 20.9 Å². The number of fused-ring (bicyclic) bond motifs is 1. The van der Waals surface area contributed by atoms with Gasteiger partial charge in [0.1, 0.15) is 4.70 Å². The summed E-state index contributed by atoms with van der Waals surface area (Å²) in [5.74, 6) is 0.109. The van der Waals surface area contributed by atoms with E-state index in [2.05, 4.69) is 35.9 Å². The molecule has 0 saturated carbocycles. The molecule has 4 heterocycles. The summed E-state index contributed by atoms with van der Waals surface area (Å²) in [5, 5.41) is 9.72. The van der Waals surface area contributed by atoms with E-state index in [0.29, 0.717) is 40.8 Å². The van der Waals surface area contributed by atoms with Crippen molar-refractivity contribution in [3.8, 4) is 0 Å². The lowest BCUT2D eigenvalue weighted by atomic mass is 10.1. The van der Waals surface area contributed by atoms with E-state index in [9.17, 15) is 9.59 Å². The largest absolute Gasteiger partial charge is 0.346 e. The van der Waals surface area contributed by atoms with Crippen molar-refractivity contribution in [2.24, 2.45) is 0 Å². The normalized spacial score (nSPS) is 14.3. The van der Waals surface area contributed by atoms with Crippen LogP contribution in [0.15, 0.2) is 54.7 Å². The van der Waals surface area contributed by atoms with Crippen LogP contribution in [-0.4, -0.2) is 55.9 Å². The Morgan fingerprint density at radius 2 is 1.83 bits per heavy atom. The highest BCUT2D eigenvalue weighted by Gasteiger charge is 2.34. The van der Waals surface area contributed by atoms with Gasteiger partial charge in [-0.05, 0) is 38.1 Å². The number of nitrogens with zero attached hydrogens (tertiary/aromatic N) is 5. The predicted octanol–water partition coefficient (Wildman–Crippen LogP) is 3.61. The zero-order chi connectivity index (χ0) is 24.4. The molecule has 0 bridgehead atoms. The van der Waals surface area contributed by atoms with Gasteiger partial charge in [0.25, 0.3) is 5.91 Å². The summed E-state index contributed by atoms with van der Waals surface area (Å²) in [6, 6.07) is 14.3. The number of carbonyl (C=O) groups is 2. The van der Waals surface area contributed by atoms with Gasteiger partial charge >= 0.3 is 6.03 Å². The average Bonchev–Trinajstić information content (AvgIpc) is 3.21. The molecular weight excluding hydrogens is 464 g/mol. The topological polar surface area (TPSA) is 125 Å². The van der Waals surface area contributed by atoms with Gasteiger partial charge in [0.2, 0.25) is 5.95 Å². The van der Waals surface area contributed by atoms with E-state index in [0.717, 1.165) is 10.7 Å². The van der Waals surface area contributed by atoms with Crippen molar-refractivity contribution in [2.75, 3.05) is 23.7 Å². The van der Waals surface area contributed by atoms with E-state index in [1.165, 1.54) is 11.3 Å². The Morgan fingerprint density at radius 3 is 2.57 bits per heavy atom. The van der Waals surface area contributed by atoms with Crippen molar-refractivity contribution in [1.82, 2.24) is 30.2 Å². The molecule has 3 amide bonds. The highest BCUT2D eigenvalue weighted by Crippen LogP contribution is 2.27. The number of likely N-dealkylation sites (tertiary alicyclic amines) is 1. The SMILES string of the molecule is Cc1nc2nc(NC(C)c3ccccn3)nc(C(=O)N3CC(NC(=O)Nc4ccccc4)C3)c2s1. The molecule has 10 nitrogen and oxygen atoms in total. The summed E-state index contributed by atoms with van der Waals surface area (Å²) in [6.45, 7) is 4.63. The fourth-order valence-corrected chi connectivity index (χ4v) is 4.64. The number of nitrogens with one attached hydrogen (secondary N) is 3. The monoisotopic (exact) mass is 488 g/mol. The quantitative estimate of drug-likeness (QED) is 0.379. The molecule has 1 aliphatic rings. The first-order valence-corrected chi connectivity index (χ1v) is 12.0. The molecule has 4 aromatic rings. The molecule has 35 heavy (non-hydrogen) atoms.